The third-order valence-electron chi connectivity index (χ3n) is 4.24. The Morgan fingerprint density at radius 3 is 2.80 bits per heavy atom. The Morgan fingerprint density at radius 2 is 2.10 bits per heavy atom. The van der Waals surface area contributed by atoms with Gasteiger partial charge < -0.3 is 5.32 Å². The van der Waals surface area contributed by atoms with E-state index >= 15 is 0 Å². The van der Waals surface area contributed by atoms with Crippen molar-refractivity contribution in [3.05, 3.63) is 23.2 Å². The van der Waals surface area contributed by atoms with Crippen LogP contribution in [0.25, 0.3) is 10.2 Å². The molecule has 0 bridgehead atoms. The Hall–Kier alpha value is -0.800. The van der Waals surface area contributed by atoms with Crippen LogP contribution >= 0.6 is 22.9 Å². The number of halogens is 1. The molecule has 1 aliphatic carbocycles. The van der Waals surface area contributed by atoms with E-state index in [1.165, 1.54) is 38.5 Å². The number of thiazole rings is 1. The fraction of sp³-hybridized carbons (Fsp3) is 0.562. The summed E-state index contributed by atoms with van der Waals surface area (Å²) < 4.78 is 1.09. The topological polar surface area (TPSA) is 24.9 Å². The van der Waals surface area contributed by atoms with Crippen LogP contribution in [0, 0.1) is 5.92 Å². The number of anilines is 1. The standard InChI is InChI=1S/C16H21ClN2S/c1-2-4-11-7-9-12(10-8-11)18-16-19-14-6-3-5-13(17)15(14)20-16/h3,5-6,11-12H,2,4,7-10H2,1H3,(H,18,19). The second-order valence-electron chi connectivity index (χ2n) is 5.76. The van der Waals surface area contributed by atoms with Crippen molar-refractivity contribution in [2.75, 3.05) is 5.32 Å². The minimum absolute atomic E-state index is 0.586. The molecule has 1 aromatic heterocycles. The number of fused-ring (bicyclic) bond motifs is 1. The maximum Gasteiger partial charge on any atom is 0.184 e. The van der Waals surface area contributed by atoms with Crippen molar-refractivity contribution in [2.24, 2.45) is 5.92 Å². The lowest BCUT2D eigenvalue weighted by molar-refractivity contribution is 0.319. The third kappa shape index (κ3) is 3.09. The average molecular weight is 309 g/mol. The van der Waals surface area contributed by atoms with Crippen LogP contribution in [-0.4, -0.2) is 11.0 Å². The van der Waals surface area contributed by atoms with E-state index in [0.717, 1.165) is 26.3 Å². The lowest BCUT2D eigenvalue weighted by Gasteiger charge is -2.28. The number of benzene rings is 1. The molecule has 1 fully saturated rings. The van der Waals surface area contributed by atoms with Gasteiger partial charge in [0.15, 0.2) is 5.13 Å². The zero-order chi connectivity index (χ0) is 13.9. The molecule has 0 atom stereocenters. The van der Waals surface area contributed by atoms with Crippen LogP contribution in [0.4, 0.5) is 5.13 Å². The number of nitrogens with one attached hydrogen (secondary N) is 1. The minimum atomic E-state index is 0.586. The molecule has 3 rings (SSSR count). The Balaban J connectivity index is 1.64. The highest BCUT2D eigenvalue weighted by molar-refractivity contribution is 7.22. The van der Waals surface area contributed by atoms with Crippen molar-refractivity contribution < 1.29 is 0 Å². The highest BCUT2D eigenvalue weighted by Crippen LogP contribution is 2.34. The molecule has 1 N–H and O–H groups in total. The maximum absolute atomic E-state index is 6.21. The average Bonchev–Trinajstić information content (AvgIpc) is 2.85. The van der Waals surface area contributed by atoms with Crippen LogP contribution in [0.15, 0.2) is 18.2 Å². The van der Waals surface area contributed by atoms with E-state index in [0.29, 0.717) is 6.04 Å². The second kappa shape index (κ2) is 6.31. The van der Waals surface area contributed by atoms with Gasteiger partial charge in [0, 0.05) is 6.04 Å². The van der Waals surface area contributed by atoms with Crippen LogP contribution < -0.4 is 5.32 Å². The Morgan fingerprint density at radius 1 is 1.30 bits per heavy atom. The van der Waals surface area contributed by atoms with Gasteiger partial charge in [-0.2, -0.15) is 0 Å². The SMILES string of the molecule is CCCC1CCC(Nc2nc3cccc(Cl)c3s2)CC1. The summed E-state index contributed by atoms with van der Waals surface area (Å²) in [7, 11) is 0. The molecule has 2 nitrogen and oxygen atoms in total. The second-order valence-corrected chi connectivity index (χ2v) is 7.16. The summed E-state index contributed by atoms with van der Waals surface area (Å²) in [6.07, 6.45) is 7.97. The van der Waals surface area contributed by atoms with Crippen molar-refractivity contribution in [3.63, 3.8) is 0 Å². The van der Waals surface area contributed by atoms with E-state index in [1.807, 2.05) is 18.2 Å². The quantitative estimate of drug-likeness (QED) is 0.781. The fourth-order valence-electron chi connectivity index (χ4n) is 3.16. The Labute approximate surface area is 129 Å². The molecule has 108 valence electrons. The van der Waals surface area contributed by atoms with Gasteiger partial charge in [-0.05, 0) is 43.7 Å². The van der Waals surface area contributed by atoms with Gasteiger partial charge >= 0.3 is 0 Å². The first-order chi connectivity index (χ1) is 9.76. The normalized spacial score (nSPS) is 23.1. The van der Waals surface area contributed by atoms with Gasteiger partial charge in [0.25, 0.3) is 0 Å². The molecule has 1 heterocycles. The van der Waals surface area contributed by atoms with Gasteiger partial charge in [-0.1, -0.05) is 48.8 Å². The molecule has 2 aromatic rings. The first-order valence-electron chi connectivity index (χ1n) is 7.58. The van der Waals surface area contributed by atoms with Gasteiger partial charge in [-0.3, -0.25) is 0 Å². The monoisotopic (exact) mass is 308 g/mol. The van der Waals surface area contributed by atoms with Crippen molar-refractivity contribution in [3.8, 4) is 0 Å². The maximum atomic E-state index is 6.21. The van der Waals surface area contributed by atoms with Crippen LogP contribution in [-0.2, 0) is 0 Å². The molecule has 1 aliphatic rings. The molecular weight excluding hydrogens is 288 g/mol. The van der Waals surface area contributed by atoms with Crippen LogP contribution in [0.3, 0.4) is 0 Å². The lowest BCUT2D eigenvalue weighted by atomic mass is 9.83. The predicted molar refractivity (Wildman–Crippen MR) is 88.9 cm³/mol. The lowest BCUT2D eigenvalue weighted by Crippen LogP contribution is -2.25. The summed E-state index contributed by atoms with van der Waals surface area (Å²) >= 11 is 7.88. The molecule has 0 unspecified atom stereocenters. The number of hydrogen-bond donors (Lipinski definition) is 1. The first-order valence-corrected chi connectivity index (χ1v) is 8.77. The smallest absolute Gasteiger partial charge is 0.184 e. The van der Waals surface area contributed by atoms with Gasteiger partial charge in [-0.15, -0.1) is 0 Å². The number of rotatable bonds is 4. The zero-order valence-corrected chi connectivity index (χ0v) is 13.4. The van der Waals surface area contributed by atoms with E-state index in [1.54, 1.807) is 11.3 Å². The molecule has 0 radical (unpaired) electrons. The highest BCUT2D eigenvalue weighted by atomic mass is 35.5. The van der Waals surface area contributed by atoms with Crippen molar-refractivity contribution >= 4 is 38.3 Å². The van der Waals surface area contributed by atoms with E-state index in [9.17, 15) is 0 Å². The molecule has 4 heteroatoms. The summed E-state index contributed by atoms with van der Waals surface area (Å²) in [4.78, 5) is 4.65. The number of hydrogen-bond acceptors (Lipinski definition) is 3. The van der Waals surface area contributed by atoms with Gasteiger partial charge in [0.1, 0.15) is 0 Å². The molecule has 20 heavy (non-hydrogen) atoms. The molecule has 0 amide bonds. The third-order valence-corrected chi connectivity index (χ3v) is 5.70. The summed E-state index contributed by atoms with van der Waals surface area (Å²) in [6.45, 7) is 2.29. The number of nitrogens with zero attached hydrogens (tertiary/aromatic N) is 1. The van der Waals surface area contributed by atoms with Crippen LogP contribution in [0.5, 0.6) is 0 Å². The van der Waals surface area contributed by atoms with Gasteiger partial charge in [0.05, 0.1) is 15.2 Å². The summed E-state index contributed by atoms with van der Waals surface area (Å²) in [6, 6.07) is 6.51. The van der Waals surface area contributed by atoms with Gasteiger partial charge in [-0.25, -0.2) is 4.98 Å². The molecule has 1 saturated carbocycles. The predicted octanol–water partition coefficient (Wildman–Crippen LogP) is 5.72. The molecular formula is C16H21ClN2S. The zero-order valence-electron chi connectivity index (χ0n) is 11.9. The molecule has 0 spiro atoms. The van der Waals surface area contributed by atoms with Crippen molar-refractivity contribution in [1.29, 1.82) is 0 Å². The first kappa shape index (κ1) is 14.2. The van der Waals surface area contributed by atoms with Crippen molar-refractivity contribution in [1.82, 2.24) is 4.98 Å². The van der Waals surface area contributed by atoms with Crippen LogP contribution in [0.1, 0.15) is 45.4 Å². The van der Waals surface area contributed by atoms with E-state index < -0.39 is 0 Å². The van der Waals surface area contributed by atoms with Crippen molar-refractivity contribution in [2.45, 2.75) is 51.5 Å². The molecule has 0 aliphatic heterocycles. The van der Waals surface area contributed by atoms with E-state index in [-0.39, 0.29) is 0 Å². The summed E-state index contributed by atoms with van der Waals surface area (Å²) in [5.74, 6) is 0.947. The highest BCUT2D eigenvalue weighted by Gasteiger charge is 2.21. The minimum Gasteiger partial charge on any atom is -0.359 e. The fourth-order valence-corrected chi connectivity index (χ4v) is 4.39. The molecule has 0 saturated heterocycles. The number of aromatic nitrogens is 1. The Bertz CT molecular complexity index is 573. The summed E-state index contributed by atoms with van der Waals surface area (Å²) in [5.41, 5.74) is 1.00. The largest absolute Gasteiger partial charge is 0.359 e. The van der Waals surface area contributed by atoms with Crippen LogP contribution in [0.2, 0.25) is 5.02 Å². The van der Waals surface area contributed by atoms with Gasteiger partial charge in [0.2, 0.25) is 0 Å². The van der Waals surface area contributed by atoms with E-state index in [4.69, 9.17) is 11.6 Å². The molecule has 1 aromatic carbocycles. The Kier molecular flexibility index (Phi) is 4.47. The van der Waals surface area contributed by atoms with E-state index in [2.05, 4.69) is 17.2 Å². The summed E-state index contributed by atoms with van der Waals surface area (Å²) in [5, 5.41) is 5.43.